The highest BCUT2D eigenvalue weighted by Crippen LogP contribution is 1.91. The minimum Gasteiger partial charge on any atom is -0.465 e. The molecule has 0 atom stereocenters. The van der Waals surface area contributed by atoms with Gasteiger partial charge in [0.2, 0.25) is 0 Å². The van der Waals surface area contributed by atoms with Gasteiger partial charge in [0.1, 0.15) is 12.3 Å². The van der Waals surface area contributed by atoms with E-state index in [1.165, 1.54) is 0 Å². The maximum atomic E-state index is 10.8. The third-order valence-electron chi connectivity index (χ3n) is 1.21. The van der Waals surface area contributed by atoms with Crippen molar-refractivity contribution in [3.63, 3.8) is 0 Å². The highest BCUT2D eigenvalue weighted by atomic mass is 16.5. The third-order valence-corrected chi connectivity index (χ3v) is 1.21. The molecule has 3 N–H and O–H groups in total. The molecule has 0 amide bonds. The number of oxime groups is 1. The number of esters is 1. The minimum atomic E-state index is -0.459. The Kier molecular flexibility index (Phi) is 5.77. The number of carbonyl (C=O) groups is 1. The van der Waals surface area contributed by atoms with E-state index in [9.17, 15) is 4.79 Å². The minimum absolute atomic E-state index is 0.128. The second-order valence-corrected chi connectivity index (χ2v) is 2.34. The SMILES string of the molecule is CCCCOC(=O)CC(N)=NO. The van der Waals surface area contributed by atoms with Crippen molar-refractivity contribution in [3.05, 3.63) is 0 Å². The number of nitrogens with two attached hydrogens (primary N) is 1. The molecular formula is C7H14N2O3. The summed E-state index contributed by atoms with van der Waals surface area (Å²) in [6.07, 6.45) is 1.65. The summed E-state index contributed by atoms with van der Waals surface area (Å²) in [6.45, 7) is 2.39. The molecule has 0 saturated carbocycles. The smallest absolute Gasteiger partial charge is 0.313 e. The Morgan fingerprint density at radius 3 is 2.83 bits per heavy atom. The van der Waals surface area contributed by atoms with Crippen LogP contribution in [0.4, 0.5) is 0 Å². The van der Waals surface area contributed by atoms with Gasteiger partial charge in [-0.15, -0.1) is 0 Å². The van der Waals surface area contributed by atoms with Crippen molar-refractivity contribution in [1.29, 1.82) is 0 Å². The van der Waals surface area contributed by atoms with E-state index in [0.29, 0.717) is 6.61 Å². The topological polar surface area (TPSA) is 84.9 Å². The summed E-state index contributed by atoms with van der Waals surface area (Å²) in [5, 5.41) is 10.8. The molecule has 0 rings (SSSR count). The normalized spacial score (nSPS) is 11.2. The van der Waals surface area contributed by atoms with Crippen LogP contribution in [0.25, 0.3) is 0 Å². The van der Waals surface area contributed by atoms with Gasteiger partial charge in [-0.1, -0.05) is 18.5 Å². The van der Waals surface area contributed by atoms with Crippen LogP contribution in [0.5, 0.6) is 0 Å². The highest BCUT2D eigenvalue weighted by Gasteiger charge is 2.04. The lowest BCUT2D eigenvalue weighted by Crippen LogP contribution is -2.18. The molecule has 0 spiro atoms. The van der Waals surface area contributed by atoms with Gasteiger partial charge in [-0.2, -0.15) is 0 Å². The average molecular weight is 174 g/mol. The first-order valence-corrected chi connectivity index (χ1v) is 3.82. The fourth-order valence-corrected chi connectivity index (χ4v) is 0.565. The van der Waals surface area contributed by atoms with E-state index in [-0.39, 0.29) is 12.3 Å². The number of rotatable bonds is 5. The number of ether oxygens (including phenoxy) is 1. The molecule has 0 aliphatic heterocycles. The van der Waals surface area contributed by atoms with Crippen LogP contribution in [0.15, 0.2) is 5.16 Å². The maximum absolute atomic E-state index is 10.8. The molecular weight excluding hydrogens is 160 g/mol. The van der Waals surface area contributed by atoms with Gasteiger partial charge in [0.05, 0.1) is 6.61 Å². The molecule has 0 radical (unpaired) electrons. The molecule has 5 nitrogen and oxygen atoms in total. The lowest BCUT2D eigenvalue weighted by Gasteiger charge is -2.01. The number of amidine groups is 1. The van der Waals surface area contributed by atoms with Crippen LogP contribution in [0.3, 0.4) is 0 Å². The second kappa shape index (κ2) is 6.45. The van der Waals surface area contributed by atoms with Gasteiger partial charge in [-0.3, -0.25) is 4.79 Å². The molecule has 0 unspecified atom stereocenters. The number of hydrogen-bond acceptors (Lipinski definition) is 4. The monoisotopic (exact) mass is 174 g/mol. The first-order valence-electron chi connectivity index (χ1n) is 3.82. The van der Waals surface area contributed by atoms with E-state index in [2.05, 4.69) is 5.16 Å². The van der Waals surface area contributed by atoms with Crippen LogP contribution in [-0.2, 0) is 9.53 Å². The van der Waals surface area contributed by atoms with Crippen LogP contribution < -0.4 is 5.73 Å². The van der Waals surface area contributed by atoms with E-state index < -0.39 is 5.97 Å². The van der Waals surface area contributed by atoms with Crippen molar-refractivity contribution >= 4 is 11.8 Å². The fraction of sp³-hybridized carbons (Fsp3) is 0.714. The Morgan fingerprint density at radius 1 is 1.67 bits per heavy atom. The van der Waals surface area contributed by atoms with Gasteiger partial charge in [-0.05, 0) is 6.42 Å². The summed E-state index contributed by atoms with van der Waals surface area (Å²) < 4.78 is 4.74. The van der Waals surface area contributed by atoms with Gasteiger partial charge in [0.25, 0.3) is 0 Å². The summed E-state index contributed by atoms with van der Waals surface area (Å²) in [6, 6.07) is 0. The molecule has 5 heteroatoms. The molecule has 0 saturated heterocycles. The Balaban J connectivity index is 3.47. The summed E-state index contributed by atoms with van der Waals surface area (Å²) in [4.78, 5) is 10.8. The van der Waals surface area contributed by atoms with Crippen LogP contribution in [0.2, 0.25) is 0 Å². The quantitative estimate of drug-likeness (QED) is 0.158. The van der Waals surface area contributed by atoms with Crippen molar-refractivity contribution in [2.45, 2.75) is 26.2 Å². The van der Waals surface area contributed by atoms with Crippen LogP contribution in [0.1, 0.15) is 26.2 Å². The molecule has 0 heterocycles. The van der Waals surface area contributed by atoms with Crippen molar-refractivity contribution in [1.82, 2.24) is 0 Å². The van der Waals surface area contributed by atoms with Crippen molar-refractivity contribution in [3.8, 4) is 0 Å². The Labute approximate surface area is 71.2 Å². The largest absolute Gasteiger partial charge is 0.465 e. The van der Waals surface area contributed by atoms with Gasteiger partial charge < -0.3 is 15.7 Å². The molecule has 0 bridgehead atoms. The molecule has 0 aromatic carbocycles. The summed E-state index contributed by atoms with van der Waals surface area (Å²) in [5.41, 5.74) is 5.08. The van der Waals surface area contributed by atoms with Gasteiger partial charge >= 0.3 is 5.97 Å². The molecule has 0 aliphatic carbocycles. The molecule has 0 aromatic heterocycles. The second-order valence-electron chi connectivity index (χ2n) is 2.34. The summed E-state index contributed by atoms with van der Waals surface area (Å²) >= 11 is 0. The predicted molar refractivity (Wildman–Crippen MR) is 43.9 cm³/mol. The fourth-order valence-electron chi connectivity index (χ4n) is 0.565. The Bertz CT molecular complexity index is 168. The predicted octanol–water partition coefficient (Wildman–Crippen LogP) is 0.466. The molecule has 0 aromatic rings. The molecule has 0 fully saturated rings. The van der Waals surface area contributed by atoms with E-state index in [1.54, 1.807) is 0 Å². The number of unbranched alkanes of at least 4 members (excludes halogenated alkanes) is 1. The van der Waals surface area contributed by atoms with Crippen molar-refractivity contribution < 1.29 is 14.7 Å². The zero-order valence-electron chi connectivity index (χ0n) is 7.12. The maximum Gasteiger partial charge on any atom is 0.313 e. The van der Waals surface area contributed by atoms with Gasteiger partial charge in [0.15, 0.2) is 0 Å². The molecule has 70 valence electrons. The van der Waals surface area contributed by atoms with Gasteiger partial charge in [0, 0.05) is 0 Å². The molecule has 0 aliphatic rings. The zero-order chi connectivity index (χ0) is 9.40. The zero-order valence-corrected chi connectivity index (χ0v) is 7.12. The average Bonchev–Trinajstić information content (AvgIpc) is 2.05. The summed E-state index contributed by atoms with van der Waals surface area (Å²) in [5.74, 6) is -0.588. The third kappa shape index (κ3) is 5.52. The van der Waals surface area contributed by atoms with Gasteiger partial charge in [-0.25, -0.2) is 0 Å². The van der Waals surface area contributed by atoms with Crippen LogP contribution in [0, 0.1) is 0 Å². The van der Waals surface area contributed by atoms with Crippen molar-refractivity contribution in [2.24, 2.45) is 10.9 Å². The number of carbonyl (C=O) groups excluding carboxylic acids is 1. The summed E-state index contributed by atoms with van der Waals surface area (Å²) in [7, 11) is 0. The first-order chi connectivity index (χ1) is 5.70. The lowest BCUT2D eigenvalue weighted by atomic mass is 10.3. The highest BCUT2D eigenvalue weighted by molar-refractivity contribution is 5.96. The Morgan fingerprint density at radius 2 is 2.33 bits per heavy atom. The first kappa shape index (κ1) is 10.7. The van der Waals surface area contributed by atoms with E-state index >= 15 is 0 Å². The number of nitrogens with zero attached hydrogens (tertiary/aromatic N) is 1. The van der Waals surface area contributed by atoms with E-state index in [1.807, 2.05) is 6.92 Å². The van der Waals surface area contributed by atoms with E-state index in [0.717, 1.165) is 12.8 Å². The standard InChI is InChI=1S/C7H14N2O3/c1-2-3-4-12-7(10)5-6(8)9-11/h11H,2-5H2,1H3,(H2,8,9). The molecule has 12 heavy (non-hydrogen) atoms. The van der Waals surface area contributed by atoms with Crippen molar-refractivity contribution in [2.75, 3.05) is 6.61 Å². The lowest BCUT2D eigenvalue weighted by molar-refractivity contribution is -0.142. The van der Waals surface area contributed by atoms with E-state index in [4.69, 9.17) is 15.7 Å². The van der Waals surface area contributed by atoms with Crippen LogP contribution in [-0.4, -0.2) is 23.6 Å². The van der Waals surface area contributed by atoms with Crippen LogP contribution >= 0.6 is 0 Å². The Hall–Kier alpha value is -1.26. The number of hydrogen-bond donors (Lipinski definition) is 2.